The third kappa shape index (κ3) is 2.45. The molecule has 0 amide bonds. The lowest BCUT2D eigenvalue weighted by Crippen LogP contribution is -2.54. The summed E-state index contributed by atoms with van der Waals surface area (Å²) in [7, 11) is 0.0170. The standard InChI is InChI=1S/C21H33O3S/c1-19(2,3)24-17(23)12-25-15-7-6-13(10-15)18(25)21-9-8-14(11-16(21)22)20(21,4)5/h13-15,18H,6-12H2,1-5H3/q+1/t13-,14-,15+,18+,21+,25?/m1/s1. The van der Waals surface area contributed by atoms with Crippen LogP contribution in [0.4, 0.5) is 0 Å². The average Bonchev–Trinajstić information content (AvgIpc) is 3.15. The van der Waals surface area contributed by atoms with E-state index in [1.54, 1.807) is 0 Å². The first-order valence-corrected chi connectivity index (χ1v) is 11.5. The Hall–Kier alpha value is -0.510. The zero-order valence-corrected chi connectivity index (χ0v) is 17.2. The Bertz CT molecular complexity index is 605. The number of esters is 1. The highest BCUT2D eigenvalue weighted by Crippen LogP contribution is 2.70. The van der Waals surface area contributed by atoms with Crippen molar-refractivity contribution in [3.8, 4) is 0 Å². The monoisotopic (exact) mass is 365 g/mol. The first-order chi connectivity index (χ1) is 11.6. The van der Waals surface area contributed by atoms with Gasteiger partial charge in [-0.3, -0.25) is 4.79 Å². The molecule has 0 aromatic carbocycles. The van der Waals surface area contributed by atoms with Gasteiger partial charge in [0.15, 0.2) is 0 Å². The minimum atomic E-state index is -0.423. The summed E-state index contributed by atoms with van der Waals surface area (Å²) in [6.45, 7) is 10.5. The molecule has 0 aromatic rings. The normalized spacial score (nSPS) is 44.5. The summed E-state index contributed by atoms with van der Waals surface area (Å²) in [4.78, 5) is 25.8. The summed E-state index contributed by atoms with van der Waals surface area (Å²) in [6.07, 6.45) is 6.81. The Morgan fingerprint density at radius 3 is 2.52 bits per heavy atom. The number of Topliss-reactive ketones (excluding diaryl/α,β-unsaturated/α-hetero) is 1. The van der Waals surface area contributed by atoms with Crippen LogP contribution in [-0.2, 0) is 25.2 Å². The number of rotatable bonds is 3. The average molecular weight is 366 g/mol. The number of ether oxygens (including phenoxy) is 1. The molecule has 1 aliphatic heterocycles. The van der Waals surface area contributed by atoms with Crippen molar-refractivity contribution in [2.75, 3.05) is 5.75 Å². The maximum atomic E-state index is 13.2. The van der Waals surface area contributed by atoms with Gasteiger partial charge in [-0.2, -0.15) is 0 Å². The number of fused-ring (bicyclic) bond motifs is 4. The molecule has 0 radical (unpaired) electrons. The Morgan fingerprint density at radius 2 is 1.96 bits per heavy atom. The van der Waals surface area contributed by atoms with Gasteiger partial charge < -0.3 is 4.74 Å². The summed E-state index contributed by atoms with van der Waals surface area (Å²) < 4.78 is 5.66. The summed E-state index contributed by atoms with van der Waals surface area (Å²) in [5, 5.41) is 1.09. The van der Waals surface area contributed by atoms with Crippen LogP contribution in [0, 0.1) is 22.7 Å². The molecule has 0 N–H and O–H groups in total. The van der Waals surface area contributed by atoms with E-state index in [-0.39, 0.29) is 27.7 Å². The van der Waals surface area contributed by atoms with Gasteiger partial charge in [0.2, 0.25) is 5.75 Å². The first kappa shape index (κ1) is 17.9. The molecule has 3 saturated carbocycles. The lowest BCUT2D eigenvalue weighted by atomic mass is 9.64. The molecule has 1 unspecified atom stereocenters. The zero-order valence-electron chi connectivity index (χ0n) is 16.4. The highest BCUT2D eigenvalue weighted by Gasteiger charge is 2.75. The molecule has 0 spiro atoms. The van der Waals surface area contributed by atoms with Gasteiger partial charge in [0.05, 0.1) is 5.41 Å². The van der Waals surface area contributed by atoms with E-state index >= 15 is 0 Å². The SMILES string of the molecule is CC(C)(C)OC(=O)C[S+]1[C@H]2CC[C@H](C2)[C@H]1[C@]12CC[C@H](CC1=O)C2(C)C. The Morgan fingerprint density at radius 1 is 1.24 bits per heavy atom. The first-order valence-electron chi connectivity index (χ1n) is 10.00. The van der Waals surface area contributed by atoms with Crippen LogP contribution in [0.1, 0.15) is 73.1 Å². The van der Waals surface area contributed by atoms with E-state index in [0.717, 1.165) is 12.8 Å². The number of carbonyl (C=O) groups excluding carboxylic acids is 2. The lowest BCUT2D eigenvalue weighted by molar-refractivity contribution is -0.151. The highest BCUT2D eigenvalue weighted by atomic mass is 32.2. The zero-order chi connectivity index (χ0) is 18.2. The van der Waals surface area contributed by atoms with Gasteiger partial charge in [-0.15, -0.1) is 0 Å². The smallest absolute Gasteiger partial charge is 0.356 e. The molecule has 1 saturated heterocycles. The highest BCUT2D eigenvalue weighted by molar-refractivity contribution is 7.99. The summed E-state index contributed by atoms with van der Waals surface area (Å²) >= 11 is 0. The van der Waals surface area contributed by atoms with E-state index in [1.165, 1.54) is 25.7 Å². The van der Waals surface area contributed by atoms with E-state index in [1.807, 2.05) is 20.8 Å². The number of hydrogen-bond acceptors (Lipinski definition) is 3. The fraction of sp³-hybridized carbons (Fsp3) is 0.905. The van der Waals surface area contributed by atoms with Crippen molar-refractivity contribution in [2.45, 2.75) is 89.2 Å². The van der Waals surface area contributed by atoms with E-state index in [9.17, 15) is 9.59 Å². The molecule has 4 rings (SSSR count). The van der Waals surface area contributed by atoms with Crippen LogP contribution in [-0.4, -0.2) is 33.6 Å². The van der Waals surface area contributed by atoms with Gasteiger partial charge in [0.1, 0.15) is 21.9 Å². The minimum absolute atomic E-state index is 0.0170. The molecule has 25 heavy (non-hydrogen) atoms. The van der Waals surface area contributed by atoms with E-state index in [2.05, 4.69) is 13.8 Å². The second-order valence-electron chi connectivity index (χ2n) is 10.4. The topological polar surface area (TPSA) is 43.4 Å². The molecule has 0 aromatic heterocycles. The number of hydrogen-bond donors (Lipinski definition) is 0. The van der Waals surface area contributed by atoms with Crippen molar-refractivity contribution in [1.82, 2.24) is 0 Å². The second kappa shape index (κ2) is 5.50. The molecule has 3 nitrogen and oxygen atoms in total. The van der Waals surface area contributed by atoms with Crippen molar-refractivity contribution in [3.05, 3.63) is 0 Å². The van der Waals surface area contributed by atoms with E-state index < -0.39 is 5.60 Å². The molecule has 4 heteroatoms. The van der Waals surface area contributed by atoms with Gasteiger partial charge >= 0.3 is 5.97 Å². The lowest BCUT2D eigenvalue weighted by Gasteiger charge is -2.43. The molecule has 6 atom stereocenters. The van der Waals surface area contributed by atoms with Crippen LogP contribution < -0.4 is 0 Å². The Balaban J connectivity index is 1.64. The fourth-order valence-electron chi connectivity index (χ4n) is 6.73. The molecule has 4 bridgehead atoms. The molecule has 4 fully saturated rings. The van der Waals surface area contributed by atoms with Gasteiger partial charge in [-0.1, -0.05) is 13.8 Å². The predicted molar refractivity (Wildman–Crippen MR) is 102 cm³/mol. The van der Waals surface area contributed by atoms with Crippen molar-refractivity contribution in [2.24, 2.45) is 22.7 Å². The van der Waals surface area contributed by atoms with E-state index in [4.69, 9.17) is 4.74 Å². The Kier molecular flexibility index (Phi) is 3.93. The maximum Gasteiger partial charge on any atom is 0.356 e. The van der Waals surface area contributed by atoms with Crippen molar-refractivity contribution in [3.63, 3.8) is 0 Å². The van der Waals surface area contributed by atoms with Gasteiger partial charge in [0, 0.05) is 29.7 Å². The maximum absolute atomic E-state index is 13.2. The van der Waals surface area contributed by atoms with E-state index in [0.29, 0.717) is 33.9 Å². The van der Waals surface area contributed by atoms with Crippen LogP contribution in [0.3, 0.4) is 0 Å². The van der Waals surface area contributed by atoms with Crippen molar-refractivity contribution >= 4 is 22.6 Å². The molecule has 4 aliphatic rings. The quantitative estimate of drug-likeness (QED) is 0.563. The third-order valence-electron chi connectivity index (χ3n) is 7.78. The van der Waals surface area contributed by atoms with Crippen LogP contribution >= 0.6 is 0 Å². The molecule has 1 heterocycles. The number of ketones is 1. The van der Waals surface area contributed by atoms with Gasteiger partial charge in [-0.25, -0.2) is 4.79 Å². The summed E-state index contributed by atoms with van der Waals surface area (Å²) in [6, 6.07) is 0. The van der Waals surface area contributed by atoms with Crippen molar-refractivity contribution in [1.29, 1.82) is 0 Å². The van der Waals surface area contributed by atoms with Crippen molar-refractivity contribution < 1.29 is 14.3 Å². The number of carbonyl (C=O) groups is 2. The molecule has 3 aliphatic carbocycles. The van der Waals surface area contributed by atoms with Crippen LogP contribution in [0.15, 0.2) is 0 Å². The summed E-state index contributed by atoms with van der Waals surface area (Å²) in [5.41, 5.74) is -0.463. The molecular weight excluding hydrogens is 332 g/mol. The minimum Gasteiger partial charge on any atom is -0.456 e. The van der Waals surface area contributed by atoms with Gasteiger partial charge in [-0.05, 0) is 57.8 Å². The fourth-order valence-corrected chi connectivity index (χ4v) is 10.6. The Labute approximate surface area is 155 Å². The van der Waals surface area contributed by atoms with Crippen LogP contribution in [0.2, 0.25) is 0 Å². The predicted octanol–water partition coefficient (Wildman–Crippen LogP) is 3.89. The second-order valence-corrected chi connectivity index (χ2v) is 12.8. The van der Waals surface area contributed by atoms with Crippen LogP contribution in [0.5, 0.6) is 0 Å². The third-order valence-corrected chi connectivity index (χ3v) is 11.1. The summed E-state index contributed by atoms with van der Waals surface area (Å²) in [5.74, 6) is 2.23. The van der Waals surface area contributed by atoms with Crippen LogP contribution in [0.25, 0.3) is 0 Å². The molecule has 140 valence electrons. The van der Waals surface area contributed by atoms with Gasteiger partial charge in [0.25, 0.3) is 0 Å². The molecular formula is C21H33O3S+. The largest absolute Gasteiger partial charge is 0.456 e.